The predicted octanol–water partition coefficient (Wildman–Crippen LogP) is 4.91. The zero-order valence-electron chi connectivity index (χ0n) is 25.0. The fourth-order valence-corrected chi connectivity index (χ4v) is 11.1. The first-order valence-corrected chi connectivity index (χ1v) is 19.8. The van der Waals surface area contributed by atoms with Gasteiger partial charge in [0.1, 0.15) is 0 Å². The van der Waals surface area contributed by atoms with Crippen LogP contribution in [0.15, 0.2) is 8.85 Å². The van der Waals surface area contributed by atoms with Gasteiger partial charge in [0.25, 0.3) is 0 Å². The number of hydrogen-bond donors (Lipinski definition) is 0. The van der Waals surface area contributed by atoms with Crippen LogP contribution < -0.4 is 15.3 Å². The average molecular weight is 756 g/mol. The standard InChI is InChI=1S/C33H57O6.Bi/c34-31(35)27-21-15-9-3-1-6-12-18-24-30(26-20-14-8-5-11-17-23-29-33(38)39)25-19-13-7-2-4-10-16-22-28-32(36)37;/h1-23,26-29H2,(H,34,35)(H,36,37)(H,38,39);/p-3. The van der Waals surface area contributed by atoms with Crippen molar-refractivity contribution in [3.63, 3.8) is 0 Å². The Labute approximate surface area is 254 Å². The Morgan fingerprint density at radius 2 is 0.700 bits per heavy atom. The molecule has 1 aliphatic rings. The molecule has 0 bridgehead atoms. The van der Waals surface area contributed by atoms with Crippen molar-refractivity contribution in [3.05, 3.63) is 8.85 Å². The van der Waals surface area contributed by atoms with Gasteiger partial charge in [0.2, 0.25) is 0 Å². The zero-order valence-corrected chi connectivity index (χ0v) is 28.5. The van der Waals surface area contributed by atoms with Crippen molar-refractivity contribution in [2.24, 2.45) is 0 Å². The predicted molar refractivity (Wildman–Crippen MR) is 157 cm³/mol. The minimum Gasteiger partial charge on any atom is -0.550 e. The van der Waals surface area contributed by atoms with Gasteiger partial charge in [-0.05, 0) is 0 Å². The molecule has 0 unspecified atom stereocenters. The van der Waals surface area contributed by atoms with E-state index in [2.05, 4.69) is 0 Å². The number of unbranched alkanes of at least 4 members (excludes halogenated alkanes) is 18. The van der Waals surface area contributed by atoms with E-state index in [4.69, 9.17) is 0 Å². The molecule has 6 nitrogen and oxygen atoms in total. The average Bonchev–Trinajstić information content (AvgIpc) is 2.89. The van der Waals surface area contributed by atoms with Crippen molar-refractivity contribution in [2.45, 2.75) is 173 Å². The molecular formula is C33H54BiO6-3. The van der Waals surface area contributed by atoms with Crippen LogP contribution >= 0.6 is 0 Å². The summed E-state index contributed by atoms with van der Waals surface area (Å²) in [6.07, 6.45) is 28.2. The molecule has 1 aliphatic heterocycles. The van der Waals surface area contributed by atoms with Crippen LogP contribution in [-0.2, 0) is 14.4 Å². The quantitative estimate of drug-likeness (QED) is 0.0760. The Morgan fingerprint density at radius 1 is 0.400 bits per heavy atom. The van der Waals surface area contributed by atoms with E-state index in [0.29, 0.717) is 0 Å². The third-order valence-corrected chi connectivity index (χ3v) is 13.8. The minimum atomic E-state index is -0.932. The van der Waals surface area contributed by atoms with Gasteiger partial charge in [-0.25, -0.2) is 0 Å². The Morgan fingerprint density at radius 3 is 1.07 bits per heavy atom. The maximum atomic E-state index is 10.5. The number of allylic oxidation sites excluding steroid dienone is 2. The van der Waals surface area contributed by atoms with E-state index in [9.17, 15) is 29.7 Å². The van der Waals surface area contributed by atoms with E-state index in [0.717, 1.165) is 57.8 Å². The molecule has 7 heteroatoms. The van der Waals surface area contributed by atoms with Gasteiger partial charge < -0.3 is 9.90 Å². The second-order valence-corrected chi connectivity index (χ2v) is 16.6. The third kappa shape index (κ3) is 21.6. The number of carbonyl (C=O) groups excluding carboxylic acids is 3. The van der Waals surface area contributed by atoms with Crippen molar-refractivity contribution < 1.29 is 29.7 Å². The summed E-state index contributed by atoms with van der Waals surface area (Å²) >= 11 is -0.586. The second kappa shape index (κ2) is 25.6. The van der Waals surface area contributed by atoms with Crippen LogP contribution in [0.25, 0.3) is 0 Å². The van der Waals surface area contributed by atoms with Crippen molar-refractivity contribution in [3.8, 4) is 0 Å². The Balaban J connectivity index is 2.25. The van der Waals surface area contributed by atoms with Gasteiger partial charge in [-0.3, -0.25) is 0 Å². The van der Waals surface area contributed by atoms with E-state index >= 15 is 0 Å². The summed E-state index contributed by atoms with van der Waals surface area (Å²) in [6.45, 7) is 0. The molecule has 0 aromatic carbocycles. The first-order valence-electron chi connectivity index (χ1n) is 16.3. The van der Waals surface area contributed by atoms with Crippen LogP contribution in [0.1, 0.15) is 173 Å². The van der Waals surface area contributed by atoms with Crippen LogP contribution in [0.3, 0.4) is 0 Å². The van der Waals surface area contributed by atoms with Gasteiger partial charge in [-0.2, -0.15) is 0 Å². The molecule has 1 rings (SSSR count). The second-order valence-electron chi connectivity index (χ2n) is 11.5. The minimum absolute atomic E-state index is 0.190. The molecule has 230 valence electrons. The fourth-order valence-electron chi connectivity index (χ4n) is 5.46. The normalized spacial score (nSPS) is 12.8. The maximum absolute atomic E-state index is 10.5. The number of carbonyl (C=O) groups is 3. The summed E-state index contributed by atoms with van der Waals surface area (Å²) in [6, 6.07) is 0. The smallest absolute Gasteiger partial charge is 0.550 e. The van der Waals surface area contributed by atoms with Crippen molar-refractivity contribution in [1.29, 1.82) is 0 Å². The molecule has 0 aliphatic carbocycles. The molecule has 0 spiro atoms. The zero-order chi connectivity index (χ0) is 29.3. The van der Waals surface area contributed by atoms with Gasteiger partial charge in [-0.1, -0.05) is 0 Å². The van der Waals surface area contributed by atoms with E-state index in [-0.39, 0.29) is 19.3 Å². The molecule has 40 heavy (non-hydrogen) atoms. The number of hydrogen-bond acceptors (Lipinski definition) is 6. The molecule has 0 aromatic heterocycles. The first-order chi connectivity index (χ1) is 19.4. The summed E-state index contributed by atoms with van der Waals surface area (Å²) in [4.78, 5) is 31.5. The number of carboxylic acids is 3. The number of carboxylic acid groups (broad SMARTS) is 3. The molecule has 0 aromatic rings. The number of rotatable bonds is 30. The monoisotopic (exact) mass is 755 g/mol. The molecule has 0 radical (unpaired) electrons. The Bertz CT molecular complexity index is 773. The molecule has 0 N–H and O–H groups in total. The van der Waals surface area contributed by atoms with E-state index in [1.165, 1.54) is 96.3 Å². The Kier molecular flexibility index (Phi) is 23.6. The van der Waals surface area contributed by atoms with Crippen LogP contribution in [-0.4, -0.2) is 43.9 Å². The molecular weight excluding hydrogens is 701 g/mol. The van der Waals surface area contributed by atoms with Crippen LogP contribution in [0.5, 0.6) is 0 Å². The third-order valence-electron chi connectivity index (χ3n) is 7.86. The van der Waals surface area contributed by atoms with Gasteiger partial charge in [0.15, 0.2) is 0 Å². The van der Waals surface area contributed by atoms with Gasteiger partial charge in [0, 0.05) is 0 Å². The molecule has 0 saturated carbocycles. The van der Waals surface area contributed by atoms with E-state index < -0.39 is 40.7 Å². The van der Waals surface area contributed by atoms with Gasteiger partial charge >= 0.3 is 246 Å². The van der Waals surface area contributed by atoms with Crippen molar-refractivity contribution in [1.82, 2.24) is 0 Å². The SMILES string of the molecule is O=C([O-])CCCCCCCCC[C]1=[Bi][C](CCCCCCCCCC(=O)[O-])=C1CCCCCCCCCC(=O)[O-]. The fraction of sp³-hybridized carbons (Fsp3) is 0.818. The molecule has 0 saturated heterocycles. The summed E-state index contributed by atoms with van der Waals surface area (Å²) in [5, 5.41) is 31.5. The summed E-state index contributed by atoms with van der Waals surface area (Å²) in [7, 11) is 0. The summed E-state index contributed by atoms with van der Waals surface area (Å²) in [5.41, 5.74) is 1.76. The van der Waals surface area contributed by atoms with Crippen molar-refractivity contribution in [2.75, 3.05) is 0 Å². The molecule has 0 amide bonds. The van der Waals surface area contributed by atoms with Crippen LogP contribution in [0.4, 0.5) is 0 Å². The molecule has 1 heterocycles. The van der Waals surface area contributed by atoms with E-state index in [1.54, 1.807) is 5.57 Å². The van der Waals surface area contributed by atoms with E-state index in [1.807, 2.05) is 6.49 Å². The number of aliphatic carboxylic acids is 3. The summed E-state index contributed by atoms with van der Waals surface area (Å²) < 4.78 is 3.75. The topological polar surface area (TPSA) is 120 Å². The molecule has 0 atom stereocenters. The van der Waals surface area contributed by atoms with Crippen molar-refractivity contribution >= 4 is 43.9 Å². The van der Waals surface area contributed by atoms with Gasteiger partial charge in [0.05, 0.1) is 0 Å². The summed E-state index contributed by atoms with van der Waals surface area (Å²) in [5.74, 6) is -2.79. The Hall–Kier alpha value is -1.10. The van der Waals surface area contributed by atoms with Gasteiger partial charge in [-0.15, -0.1) is 0 Å². The van der Waals surface area contributed by atoms with Crippen LogP contribution in [0, 0.1) is 0 Å². The molecule has 0 fully saturated rings. The van der Waals surface area contributed by atoms with Crippen LogP contribution in [0.2, 0.25) is 0 Å². The first kappa shape index (κ1) is 36.9.